The number of benzene rings is 2. The van der Waals surface area contributed by atoms with E-state index < -0.39 is 44.9 Å². The number of rotatable bonds is 7. The quantitative estimate of drug-likeness (QED) is 0.256. The van der Waals surface area contributed by atoms with Crippen LogP contribution in [-0.2, 0) is 33.7 Å². The molecule has 2 aromatic carbocycles. The number of ether oxygens (including phenoxy) is 3. The van der Waals surface area contributed by atoms with Crippen molar-refractivity contribution in [3.8, 4) is 22.8 Å². The summed E-state index contributed by atoms with van der Waals surface area (Å²) < 4.78 is 125. The first-order chi connectivity index (χ1) is 18.8. The number of para-hydroxylation sites is 1. The van der Waals surface area contributed by atoms with Crippen LogP contribution >= 0.6 is 0 Å². The molecule has 0 N–H and O–H groups in total. The van der Waals surface area contributed by atoms with Crippen molar-refractivity contribution in [3.05, 3.63) is 71.4 Å². The van der Waals surface area contributed by atoms with E-state index in [1.165, 1.54) is 13.3 Å². The number of sulfonamides is 1. The molecule has 1 aromatic heterocycles. The molecule has 7 nitrogen and oxygen atoms in total. The molecule has 4 rings (SSSR count). The summed E-state index contributed by atoms with van der Waals surface area (Å²) in [5.41, 5.74) is -2.14. The summed E-state index contributed by atoms with van der Waals surface area (Å²) in [5.74, 6) is 0.529. The van der Waals surface area contributed by atoms with E-state index in [2.05, 4.69) is 4.98 Å². The molecular weight excluding hydrogens is 566 g/mol. The summed E-state index contributed by atoms with van der Waals surface area (Å²) in [6.07, 6.45) is -8.84. The molecule has 0 bridgehead atoms. The van der Waals surface area contributed by atoms with E-state index in [-0.39, 0.29) is 55.8 Å². The number of methoxy groups -OCH3 is 1. The zero-order chi connectivity index (χ0) is 29.1. The predicted molar refractivity (Wildman–Crippen MR) is 131 cm³/mol. The van der Waals surface area contributed by atoms with Crippen LogP contribution in [0.4, 0.5) is 26.3 Å². The van der Waals surface area contributed by atoms with Crippen LogP contribution in [0.25, 0.3) is 11.1 Å². The van der Waals surface area contributed by atoms with Crippen LogP contribution in [0.3, 0.4) is 0 Å². The molecule has 14 heteroatoms. The highest BCUT2D eigenvalue weighted by atomic mass is 32.2. The van der Waals surface area contributed by atoms with Gasteiger partial charge in [-0.2, -0.15) is 30.6 Å². The van der Waals surface area contributed by atoms with E-state index in [0.29, 0.717) is 23.5 Å². The van der Waals surface area contributed by atoms with Crippen molar-refractivity contribution in [1.82, 2.24) is 9.29 Å². The minimum Gasteiger partial charge on any atom is -0.491 e. The number of hydrogen-bond donors (Lipinski definition) is 0. The summed E-state index contributed by atoms with van der Waals surface area (Å²) in [7, 11) is -3.32. The fourth-order valence-electron chi connectivity index (χ4n) is 4.15. The second kappa shape index (κ2) is 11.6. The van der Waals surface area contributed by atoms with E-state index in [9.17, 15) is 34.8 Å². The lowest BCUT2D eigenvalue weighted by molar-refractivity contribution is -0.143. The van der Waals surface area contributed by atoms with Crippen molar-refractivity contribution in [3.63, 3.8) is 0 Å². The van der Waals surface area contributed by atoms with Crippen LogP contribution in [0.15, 0.2) is 59.6 Å². The van der Waals surface area contributed by atoms with Crippen LogP contribution < -0.4 is 9.47 Å². The molecule has 0 fully saturated rings. The molecule has 3 aromatic rings. The summed E-state index contributed by atoms with van der Waals surface area (Å²) >= 11 is 0. The molecule has 1 aliphatic rings. The number of nitrogens with zero attached hydrogens (tertiary/aromatic N) is 2. The Hall–Kier alpha value is -3.36. The molecular formula is C26H24F6N2O5S. The highest BCUT2D eigenvalue weighted by Crippen LogP contribution is 2.40. The number of halogens is 6. The van der Waals surface area contributed by atoms with Crippen LogP contribution in [0.5, 0.6) is 11.6 Å². The van der Waals surface area contributed by atoms with Crippen molar-refractivity contribution in [2.75, 3.05) is 33.5 Å². The molecule has 0 unspecified atom stereocenters. The first-order valence-electron chi connectivity index (χ1n) is 11.9. The molecule has 0 amide bonds. The lowest BCUT2D eigenvalue weighted by Crippen LogP contribution is -2.34. The highest BCUT2D eigenvalue weighted by molar-refractivity contribution is 7.89. The predicted octanol–water partition coefficient (Wildman–Crippen LogP) is 5.78. The fraction of sp³-hybridized carbons (Fsp3) is 0.346. The van der Waals surface area contributed by atoms with Gasteiger partial charge in [-0.15, -0.1) is 0 Å². The number of pyridine rings is 1. The van der Waals surface area contributed by atoms with Gasteiger partial charge in [-0.3, -0.25) is 0 Å². The van der Waals surface area contributed by atoms with Gasteiger partial charge in [-0.1, -0.05) is 18.2 Å². The van der Waals surface area contributed by atoms with Gasteiger partial charge in [0.15, 0.2) is 0 Å². The van der Waals surface area contributed by atoms with Gasteiger partial charge in [0, 0.05) is 37.5 Å². The van der Waals surface area contributed by atoms with Crippen LogP contribution in [-0.4, -0.2) is 51.2 Å². The normalized spacial score (nSPS) is 15.1. The van der Waals surface area contributed by atoms with Crippen molar-refractivity contribution in [1.29, 1.82) is 0 Å². The lowest BCUT2D eigenvalue weighted by Gasteiger charge is -2.27. The van der Waals surface area contributed by atoms with Gasteiger partial charge in [-0.05, 0) is 42.3 Å². The highest BCUT2D eigenvalue weighted by Gasteiger charge is 2.39. The maximum atomic E-state index is 13.6. The zero-order valence-corrected chi connectivity index (χ0v) is 21.9. The van der Waals surface area contributed by atoms with Gasteiger partial charge >= 0.3 is 12.4 Å². The monoisotopic (exact) mass is 590 g/mol. The van der Waals surface area contributed by atoms with Gasteiger partial charge in [0.25, 0.3) is 0 Å². The average molecular weight is 591 g/mol. The molecule has 1 aliphatic heterocycles. The average Bonchev–Trinajstić information content (AvgIpc) is 2.88. The Morgan fingerprint density at radius 1 is 0.950 bits per heavy atom. The fourth-order valence-corrected chi connectivity index (χ4v) is 5.67. The SMILES string of the molecule is COCCOc1ccccc1-c1ccnc2c1CN(S(=O)(=O)c1cc(C(F)(F)F)cc(C(F)(F)F)c1)CCCO2. The van der Waals surface area contributed by atoms with E-state index in [0.717, 1.165) is 4.31 Å². The van der Waals surface area contributed by atoms with E-state index in [1.807, 2.05) is 0 Å². The summed E-state index contributed by atoms with van der Waals surface area (Å²) in [6, 6.07) is 8.78. The van der Waals surface area contributed by atoms with Crippen molar-refractivity contribution < 1.29 is 49.0 Å². The standard InChI is InChI=1S/C26H24F6N2O5S/c1-37-11-12-38-23-6-3-2-5-21(23)20-7-8-33-24-22(20)16-34(9-4-10-39-24)40(35,36)19-14-17(25(27,28)29)13-18(15-19)26(30,31)32/h2-3,5-8,13-15H,4,9-12,16H2,1H3. The Bertz CT molecular complexity index is 1430. The molecule has 0 spiro atoms. The van der Waals surface area contributed by atoms with Crippen molar-refractivity contribution >= 4 is 10.0 Å². The summed E-state index contributed by atoms with van der Waals surface area (Å²) in [6.45, 7) is -0.119. The number of alkyl halides is 6. The Kier molecular flexibility index (Phi) is 8.61. The summed E-state index contributed by atoms with van der Waals surface area (Å²) in [5, 5.41) is 0. The molecule has 0 aliphatic carbocycles. The first-order valence-corrected chi connectivity index (χ1v) is 13.4. The van der Waals surface area contributed by atoms with Gasteiger partial charge in [0.2, 0.25) is 15.9 Å². The van der Waals surface area contributed by atoms with Gasteiger partial charge in [-0.25, -0.2) is 13.4 Å². The zero-order valence-electron chi connectivity index (χ0n) is 21.1. The van der Waals surface area contributed by atoms with Gasteiger partial charge < -0.3 is 14.2 Å². The third kappa shape index (κ3) is 6.50. The smallest absolute Gasteiger partial charge is 0.416 e. The second-order valence-electron chi connectivity index (χ2n) is 8.76. The molecule has 40 heavy (non-hydrogen) atoms. The maximum absolute atomic E-state index is 13.6. The molecule has 0 saturated carbocycles. The van der Waals surface area contributed by atoms with Crippen LogP contribution in [0, 0.1) is 0 Å². The van der Waals surface area contributed by atoms with Gasteiger partial charge in [0.05, 0.1) is 29.2 Å². The van der Waals surface area contributed by atoms with E-state index in [1.54, 1.807) is 30.3 Å². The maximum Gasteiger partial charge on any atom is 0.416 e. The third-order valence-corrected chi connectivity index (χ3v) is 7.89. The first kappa shape index (κ1) is 29.6. The molecule has 0 atom stereocenters. The number of hydrogen-bond acceptors (Lipinski definition) is 6. The lowest BCUT2D eigenvalue weighted by atomic mass is 10.00. The topological polar surface area (TPSA) is 78.0 Å². The largest absolute Gasteiger partial charge is 0.491 e. The molecule has 216 valence electrons. The Morgan fingerprint density at radius 2 is 1.62 bits per heavy atom. The Balaban J connectivity index is 1.81. The Morgan fingerprint density at radius 3 is 2.27 bits per heavy atom. The minimum absolute atomic E-state index is 0.0118. The van der Waals surface area contributed by atoms with Crippen molar-refractivity contribution in [2.45, 2.75) is 30.2 Å². The third-order valence-electron chi connectivity index (χ3n) is 6.06. The van der Waals surface area contributed by atoms with E-state index >= 15 is 0 Å². The van der Waals surface area contributed by atoms with Crippen LogP contribution in [0.1, 0.15) is 23.1 Å². The summed E-state index contributed by atoms with van der Waals surface area (Å²) in [4.78, 5) is 3.07. The van der Waals surface area contributed by atoms with Crippen molar-refractivity contribution in [2.24, 2.45) is 0 Å². The van der Waals surface area contributed by atoms with Crippen LogP contribution in [0.2, 0.25) is 0 Å². The number of aromatic nitrogens is 1. The number of fused-ring (bicyclic) bond motifs is 1. The van der Waals surface area contributed by atoms with Gasteiger partial charge in [0.1, 0.15) is 12.4 Å². The molecule has 2 heterocycles. The minimum atomic E-state index is -5.20. The second-order valence-corrected chi connectivity index (χ2v) is 10.7. The molecule has 0 saturated heterocycles. The molecule has 0 radical (unpaired) electrons. The Labute approximate surface area is 226 Å². The van der Waals surface area contributed by atoms with E-state index in [4.69, 9.17) is 14.2 Å².